The van der Waals surface area contributed by atoms with Crippen LogP contribution in [-0.4, -0.2) is 10.9 Å². The molecule has 0 saturated heterocycles. The SMILES string of the molecule is O=C(Cc1cccnc1)Nc1cc(F)ccc1F. The molecule has 18 heavy (non-hydrogen) atoms. The first-order valence-electron chi connectivity index (χ1n) is 5.29. The first-order valence-corrected chi connectivity index (χ1v) is 5.29. The highest BCUT2D eigenvalue weighted by Crippen LogP contribution is 2.15. The summed E-state index contributed by atoms with van der Waals surface area (Å²) in [6.45, 7) is 0. The van der Waals surface area contributed by atoms with Crippen molar-refractivity contribution in [2.45, 2.75) is 6.42 Å². The third-order valence-electron chi connectivity index (χ3n) is 2.29. The molecule has 0 aliphatic carbocycles. The van der Waals surface area contributed by atoms with Crippen LogP contribution >= 0.6 is 0 Å². The van der Waals surface area contributed by atoms with E-state index in [-0.39, 0.29) is 12.1 Å². The summed E-state index contributed by atoms with van der Waals surface area (Å²) in [6.07, 6.45) is 3.19. The summed E-state index contributed by atoms with van der Waals surface area (Å²) in [5, 5.41) is 2.32. The molecule has 0 bridgehead atoms. The summed E-state index contributed by atoms with van der Waals surface area (Å²) >= 11 is 0. The predicted molar refractivity (Wildman–Crippen MR) is 62.9 cm³/mol. The molecule has 0 saturated carbocycles. The van der Waals surface area contributed by atoms with Gasteiger partial charge in [0.05, 0.1) is 12.1 Å². The van der Waals surface area contributed by atoms with Crippen molar-refractivity contribution in [1.82, 2.24) is 4.98 Å². The Hall–Kier alpha value is -2.30. The summed E-state index contributed by atoms with van der Waals surface area (Å²) in [5.74, 6) is -1.70. The van der Waals surface area contributed by atoms with Gasteiger partial charge in [0, 0.05) is 18.5 Å². The molecule has 0 unspecified atom stereocenters. The average molecular weight is 248 g/mol. The summed E-state index contributed by atoms with van der Waals surface area (Å²) in [6, 6.07) is 6.33. The number of anilines is 1. The van der Waals surface area contributed by atoms with Gasteiger partial charge in [0.2, 0.25) is 5.91 Å². The zero-order valence-corrected chi connectivity index (χ0v) is 9.36. The molecule has 0 spiro atoms. The van der Waals surface area contributed by atoms with E-state index in [9.17, 15) is 13.6 Å². The van der Waals surface area contributed by atoms with Gasteiger partial charge in [-0.25, -0.2) is 8.78 Å². The Bertz CT molecular complexity index is 558. The molecule has 0 atom stereocenters. The standard InChI is InChI=1S/C13H10F2N2O/c14-10-3-4-11(15)12(7-10)17-13(18)6-9-2-1-5-16-8-9/h1-5,7-8H,6H2,(H,17,18). The van der Waals surface area contributed by atoms with Crippen LogP contribution in [0.15, 0.2) is 42.7 Å². The molecule has 0 aliphatic heterocycles. The second kappa shape index (κ2) is 5.35. The van der Waals surface area contributed by atoms with Crippen molar-refractivity contribution in [2.75, 3.05) is 5.32 Å². The molecule has 2 aromatic rings. The number of carbonyl (C=O) groups is 1. The van der Waals surface area contributed by atoms with Crippen LogP contribution in [0.1, 0.15) is 5.56 Å². The average Bonchev–Trinajstić information content (AvgIpc) is 2.35. The fourth-order valence-corrected chi connectivity index (χ4v) is 1.48. The van der Waals surface area contributed by atoms with Gasteiger partial charge in [-0.15, -0.1) is 0 Å². The minimum Gasteiger partial charge on any atom is -0.323 e. The van der Waals surface area contributed by atoms with E-state index in [1.165, 1.54) is 0 Å². The first-order chi connectivity index (χ1) is 8.65. The molecule has 1 aromatic carbocycles. The maximum Gasteiger partial charge on any atom is 0.228 e. The zero-order chi connectivity index (χ0) is 13.0. The zero-order valence-electron chi connectivity index (χ0n) is 9.36. The predicted octanol–water partition coefficient (Wildman–Crippen LogP) is 2.54. The monoisotopic (exact) mass is 248 g/mol. The summed E-state index contributed by atoms with van der Waals surface area (Å²) in [7, 11) is 0. The maximum absolute atomic E-state index is 13.3. The highest BCUT2D eigenvalue weighted by Gasteiger charge is 2.08. The topological polar surface area (TPSA) is 42.0 Å². The van der Waals surface area contributed by atoms with E-state index >= 15 is 0 Å². The molecule has 0 radical (unpaired) electrons. The molecule has 2 rings (SSSR count). The van der Waals surface area contributed by atoms with Gasteiger partial charge in [0.1, 0.15) is 11.6 Å². The van der Waals surface area contributed by atoms with Crippen LogP contribution in [-0.2, 0) is 11.2 Å². The molecule has 1 N–H and O–H groups in total. The van der Waals surface area contributed by atoms with Gasteiger partial charge in [0.15, 0.2) is 0 Å². The van der Waals surface area contributed by atoms with Gasteiger partial charge in [-0.1, -0.05) is 6.07 Å². The largest absolute Gasteiger partial charge is 0.323 e. The lowest BCUT2D eigenvalue weighted by molar-refractivity contribution is -0.115. The van der Waals surface area contributed by atoms with Crippen LogP contribution in [0.5, 0.6) is 0 Å². The number of amides is 1. The third kappa shape index (κ3) is 3.10. The quantitative estimate of drug-likeness (QED) is 0.906. The molecule has 1 heterocycles. The number of aromatic nitrogens is 1. The van der Waals surface area contributed by atoms with Crippen molar-refractivity contribution in [1.29, 1.82) is 0 Å². The summed E-state index contributed by atoms with van der Waals surface area (Å²) < 4.78 is 26.2. The van der Waals surface area contributed by atoms with Crippen molar-refractivity contribution in [3.63, 3.8) is 0 Å². The molecule has 1 amide bonds. The van der Waals surface area contributed by atoms with Crippen LogP contribution in [0.3, 0.4) is 0 Å². The Morgan fingerprint density at radius 1 is 1.28 bits per heavy atom. The van der Waals surface area contributed by atoms with Gasteiger partial charge >= 0.3 is 0 Å². The number of carbonyl (C=O) groups excluding carboxylic acids is 1. The molecule has 0 aliphatic rings. The normalized spacial score (nSPS) is 10.1. The summed E-state index contributed by atoms with van der Waals surface area (Å²) in [5.41, 5.74) is 0.538. The number of pyridine rings is 1. The molecular weight excluding hydrogens is 238 g/mol. The smallest absolute Gasteiger partial charge is 0.228 e. The van der Waals surface area contributed by atoms with Crippen LogP contribution in [0, 0.1) is 11.6 Å². The fourth-order valence-electron chi connectivity index (χ4n) is 1.48. The van der Waals surface area contributed by atoms with Crippen LogP contribution in [0.25, 0.3) is 0 Å². The first kappa shape index (κ1) is 12.2. The van der Waals surface area contributed by atoms with Crippen LogP contribution in [0.2, 0.25) is 0 Å². The van der Waals surface area contributed by atoms with Crippen LogP contribution < -0.4 is 5.32 Å². The fraction of sp³-hybridized carbons (Fsp3) is 0.0769. The number of nitrogens with zero attached hydrogens (tertiary/aromatic N) is 1. The van der Waals surface area contributed by atoms with Crippen molar-refractivity contribution >= 4 is 11.6 Å². The second-order valence-electron chi connectivity index (χ2n) is 3.71. The van der Waals surface area contributed by atoms with E-state index < -0.39 is 17.5 Å². The second-order valence-corrected chi connectivity index (χ2v) is 3.71. The Morgan fingerprint density at radius 2 is 2.11 bits per heavy atom. The highest BCUT2D eigenvalue weighted by atomic mass is 19.1. The van der Waals surface area contributed by atoms with Gasteiger partial charge in [-0.05, 0) is 23.8 Å². The van der Waals surface area contributed by atoms with E-state index in [0.717, 1.165) is 18.2 Å². The van der Waals surface area contributed by atoms with E-state index in [0.29, 0.717) is 5.56 Å². The minimum absolute atomic E-state index is 0.0593. The Labute approximate surface area is 102 Å². The van der Waals surface area contributed by atoms with Crippen molar-refractivity contribution < 1.29 is 13.6 Å². The molecule has 0 fully saturated rings. The number of benzene rings is 1. The van der Waals surface area contributed by atoms with E-state index in [4.69, 9.17) is 0 Å². The number of nitrogens with one attached hydrogen (secondary N) is 1. The maximum atomic E-state index is 13.3. The van der Waals surface area contributed by atoms with E-state index in [1.807, 2.05) is 0 Å². The van der Waals surface area contributed by atoms with E-state index in [1.54, 1.807) is 24.5 Å². The Kier molecular flexibility index (Phi) is 3.62. The Balaban J connectivity index is 2.05. The minimum atomic E-state index is -0.670. The molecule has 92 valence electrons. The number of halogens is 2. The molecule has 5 heteroatoms. The number of hydrogen-bond donors (Lipinski definition) is 1. The van der Waals surface area contributed by atoms with Gasteiger partial charge in [-0.3, -0.25) is 9.78 Å². The van der Waals surface area contributed by atoms with Crippen molar-refractivity contribution in [2.24, 2.45) is 0 Å². The Morgan fingerprint density at radius 3 is 2.83 bits per heavy atom. The van der Waals surface area contributed by atoms with Crippen molar-refractivity contribution in [3.05, 3.63) is 59.9 Å². The lowest BCUT2D eigenvalue weighted by Gasteiger charge is -2.06. The lowest BCUT2D eigenvalue weighted by atomic mass is 10.2. The molecule has 1 aromatic heterocycles. The van der Waals surface area contributed by atoms with E-state index in [2.05, 4.69) is 10.3 Å². The van der Waals surface area contributed by atoms with Gasteiger partial charge in [0.25, 0.3) is 0 Å². The van der Waals surface area contributed by atoms with Crippen LogP contribution in [0.4, 0.5) is 14.5 Å². The van der Waals surface area contributed by atoms with Gasteiger partial charge < -0.3 is 5.32 Å². The molecule has 3 nitrogen and oxygen atoms in total. The number of rotatable bonds is 3. The molecular formula is C13H10F2N2O. The third-order valence-corrected chi connectivity index (χ3v) is 2.29. The highest BCUT2D eigenvalue weighted by molar-refractivity contribution is 5.92. The van der Waals surface area contributed by atoms with Crippen molar-refractivity contribution in [3.8, 4) is 0 Å². The lowest BCUT2D eigenvalue weighted by Crippen LogP contribution is -2.15. The number of hydrogen-bond acceptors (Lipinski definition) is 2. The van der Waals surface area contributed by atoms with Gasteiger partial charge in [-0.2, -0.15) is 0 Å². The summed E-state index contributed by atoms with van der Waals surface area (Å²) in [4.78, 5) is 15.5.